The predicted molar refractivity (Wildman–Crippen MR) is 106 cm³/mol. The molecule has 0 spiro atoms. The number of ether oxygens (including phenoxy) is 1. The number of pyridine rings is 1. The van der Waals surface area contributed by atoms with Crippen LogP contribution in [0.3, 0.4) is 0 Å². The SMILES string of the molecule is COc1ccc(Cl)cc1S(=O)(=O)N1CCC[C@H](C(=O)NCc2ccccn2)C1. The number of nitrogens with one attached hydrogen (secondary N) is 1. The van der Waals surface area contributed by atoms with Crippen LogP contribution >= 0.6 is 11.6 Å². The van der Waals surface area contributed by atoms with Crippen LogP contribution in [-0.2, 0) is 21.4 Å². The van der Waals surface area contributed by atoms with Gasteiger partial charge >= 0.3 is 0 Å². The van der Waals surface area contributed by atoms with Gasteiger partial charge in [-0.1, -0.05) is 17.7 Å². The first-order chi connectivity index (χ1) is 13.4. The zero-order valence-corrected chi connectivity index (χ0v) is 17.0. The quantitative estimate of drug-likeness (QED) is 0.770. The maximum absolute atomic E-state index is 13.1. The van der Waals surface area contributed by atoms with Crippen molar-refractivity contribution < 1.29 is 17.9 Å². The number of rotatable bonds is 6. The van der Waals surface area contributed by atoms with Crippen LogP contribution < -0.4 is 10.1 Å². The molecule has 28 heavy (non-hydrogen) atoms. The maximum atomic E-state index is 13.1. The summed E-state index contributed by atoms with van der Waals surface area (Å²) in [5, 5.41) is 3.15. The van der Waals surface area contributed by atoms with Gasteiger partial charge in [-0.15, -0.1) is 0 Å². The van der Waals surface area contributed by atoms with E-state index in [0.717, 1.165) is 5.69 Å². The molecule has 2 heterocycles. The van der Waals surface area contributed by atoms with Crippen molar-refractivity contribution in [3.8, 4) is 5.75 Å². The van der Waals surface area contributed by atoms with Gasteiger partial charge in [0.2, 0.25) is 15.9 Å². The van der Waals surface area contributed by atoms with Gasteiger partial charge in [0.15, 0.2) is 0 Å². The summed E-state index contributed by atoms with van der Waals surface area (Å²) in [7, 11) is -2.42. The van der Waals surface area contributed by atoms with Crippen LogP contribution in [0.15, 0.2) is 47.5 Å². The van der Waals surface area contributed by atoms with Gasteiger partial charge in [-0.25, -0.2) is 8.42 Å². The first-order valence-electron chi connectivity index (χ1n) is 8.93. The Kier molecular flexibility index (Phi) is 6.53. The minimum Gasteiger partial charge on any atom is -0.495 e. The Hall–Kier alpha value is -2.16. The van der Waals surface area contributed by atoms with E-state index in [1.165, 1.54) is 23.5 Å². The average Bonchev–Trinajstić information content (AvgIpc) is 2.72. The number of sulfonamides is 1. The van der Waals surface area contributed by atoms with Gasteiger partial charge in [0.1, 0.15) is 10.6 Å². The minimum absolute atomic E-state index is 0.0112. The number of aromatic nitrogens is 1. The summed E-state index contributed by atoms with van der Waals surface area (Å²) in [6.07, 6.45) is 2.89. The summed E-state index contributed by atoms with van der Waals surface area (Å²) in [4.78, 5) is 16.7. The zero-order chi connectivity index (χ0) is 20.1. The molecule has 150 valence electrons. The largest absolute Gasteiger partial charge is 0.495 e. The fourth-order valence-electron chi connectivity index (χ4n) is 3.19. The standard InChI is InChI=1S/C19H22ClN3O4S/c1-27-17-8-7-15(20)11-18(17)28(25,26)23-10-4-5-14(13-23)19(24)22-12-16-6-2-3-9-21-16/h2-3,6-9,11,14H,4-5,10,12-13H2,1H3,(H,22,24)/t14-/m0/s1. The van der Waals surface area contributed by atoms with E-state index < -0.39 is 15.9 Å². The topological polar surface area (TPSA) is 88.6 Å². The van der Waals surface area contributed by atoms with E-state index in [1.54, 1.807) is 18.3 Å². The highest BCUT2D eigenvalue weighted by molar-refractivity contribution is 7.89. The maximum Gasteiger partial charge on any atom is 0.246 e. The van der Waals surface area contributed by atoms with Crippen LogP contribution in [0.5, 0.6) is 5.75 Å². The highest BCUT2D eigenvalue weighted by Gasteiger charge is 2.34. The number of halogens is 1. The molecule has 0 radical (unpaired) electrons. The Bertz CT molecular complexity index is 937. The van der Waals surface area contributed by atoms with Gasteiger partial charge in [0.05, 0.1) is 25.3 Å². The lowest BCUT2D eigenvalue weighted by Crippen LogP contribution is -2.45. The van der Waals surface area contributed by atoms with E-state index in [-0.39, 0.29) is 23.1 Å². The number of carbonyl (C=O) groups is 1. The fraction of sp³-hybridized carbons (Fsp3) is 0.368. The predicted octanol–water partition coefficient (Wildman–Crippen LogP) is 2.46. The number of hydrogen-bond acceptors (Lipinski definition) is 5. The van der Waals surface area contributed by atoms with E-state index in [9.17, 15) is 13.2 Å². The third-order valence-electron chi connectivity index (χ3n) is 4.67. The van der Waals surface area contributed by atoms with E-state index >= 15 is 0 Å². The van der Waals surface area contributed by atoms with Crippen molar-refractivity contribution in [2.75, 3.05) is 20.2 Å². The molecule has 1 amide bonds. The smallest absolute Gasteiger partial charge is 0.246 e. The molecule has 1 fully saturated rings. The molecule has 7 nitrogen and oxygen atoms in total. The van der Waals surface area contributed by atoms with Crippen LogP contribution in [0, 0.1) is 5.92 Å². The molecular formula is C19H22ClN3O4S. The third-order valence-corrected chi connectivity index (χ3v) is 6.79. The number of hydrogen-bond donors (Lipinski definition) is 1. The number of piperidine rings is 1. The molecule has 0 unspecified atom stereocenters. The highest BCUT2D eigenvalue weighted by Crippen LogP contribution is 2.31. The summed E-state index contributed by atoms with van der Waals surface area (Å²) in [6.45, 7) is 0.777. The number of methoxy groups -OCH3 is 1. The number of nitrogens with zero attached hydrogens (tertiary/aromatic N) is 2. The highest BCUT2D eigenvalue weighted by atomic mass is 35.5. The van der Waals surface area contributed by atoms with Crippen LogP contribution in [-0.4, -0.2) is 43.8 Å². The molecule has 1 aromatic heterocycles. The monoisotopic (exact) mass is 423 g/mol. The van der Waals surface area contributed by atoms with Crippen LogP contribution in [0.2, 0.25) is 5.02 Å². The molecule has 1 aromatic carbocycles. The van der Waals surface area contributed by atoms with Crippen LogP contribution in [0.25, 0.3) is 0 Å². The second kappa shape index (κ2) is 8.89. The van der Waals surface area contributed by atoms with Gasteiger partial charge in [-0.2, -0.15) is 4.31 Å². The van der Waals surface area contributed by atoms with Gasteiger partial charge in [0.25, 0.3) is 0 Å². The van der Waals surface area contributed by atoms with E-state index in [4.69, 9.17) is 16.3 Å². The summed E-state index contributed by atoms with van der Waals surface area (Å²) < 4.78 is 32.7. The minimum atomic E-state index is -3.83. The number of carbonyl (C=O) groups excluding carboxylic acids is 1. The molecule has 1 atom stereocenters. The van der Waals surface area contributed by atoms with Crippen molar-refractivity contribution >= 4 is 27.5 Å². The van der Waals surface area contributed by atoms with Crippen LogP contribution in [0.1, 0.15) is 18.5 Å². The van der Waals surface area contributed by atoms with Crippen LogP contribution in [0.4, 0.5) is 0 Å². The number of amides is 1. The van der Waals surface area contributed by atoms with Gasteiger partial charge in [-0.05, 0) is 43.2 Å². The van der Waals surface area contributed by atoms with Gasteiger partial charge in [-0.3, -0.25) is 9.78 Å². The second-order valence-electron chi connectivity index (χ2n) is 6.54. The normalized spacial score (nSPS) is 17.9. The molecule has 3 rings (SSSR count). The second-order valence-corrected chi connectivity index (χ2v) is 8.88. The van der Waals surface area contributed by atoms with Crippen molar-refractivity contribution in [1.29, 1.82) is 0 Å². The molecule has 1 N–H and O–H groups in total. The molecule has 9 heteroatoms. The number of benzene rings is 1. The Morgan fingerprint density at radius 3 is 2.89 bits per heavy atom. The lowest BCUT2D eigenvalue weighted by molar-refractivity contribution is -0.126. The van der Waals surface area contributed by atoms with Crippen molar-refractivity contribution in [2.45, 2.75) is 24.3 Å². The van der Waals surface area contributed by atoms with Crippen molar-refractivity contribution in [3.63, 3.8) is 0 Å². The van der Waals surface area contributed by atoms with E-state index in [2.05, 4.69) is 10.3 Å². The Morgan fingerprint density at radius 2 is 2.18 bits per heavy atom. The zero-order valence-electron chi connectivity index (χ0n) is 15.5. The Labute approximate surface area is 169 Å². The summed E-state index contributed by atoms with van der Waals surface area (Å²) in [5.41, 5.74) is 0.750. The molecule has 1 aliphatic rings. The fourth-order valence-corrected chi connectivity index (χ4v) is 5.13. The molecule has 1 aliphatic heterocycles. The average molecular weight is 424 g/mol. The Morgan fingerprint density at radius 1 is 1.36 bits per heavy atom. The first kappa shape index (κ1) is 20.6. The Balaban J connectivity index is 1.72. The molecule has 2 aromatic rings. The third kappa shape index (κ3) is 4.63. The van der Waals surface area contributed by atoms with E-state index in [1.807, 2.05) is 12.1 Å². The summed E-state index contributed by atoms with van der Waals surface area (Å²) >= 11 is 5.99. The molecule has 0 aliphatic carbocycles. The lowest BCUT2D eigenvalue weighted by atomic mass is 9.99. The first-order valence-corrected chi connectivity index (χ1v) is 10.7. The lowest BCUT2D eigenvalue weighted by Gasteiger charge is -2.31. The van der Waals surface area contributed by atoms with Gasteiger partial charge < -0.3 is 10.1 Å². The van der Waals surface area contributed by atoms with Crippen molar-refractivity contribution in [2.24, 2.45) is 5.92 Å². The molecule has 0 saturated carbocycles. The summed E-state index contributed by atoms with van der Waals surface area (Å²) in [5.74, 6) is -0.368. The van der Waals surface area contributed by atoms with Gasteiger partial charge in [0, 0.05) is 24.3 Å². The molecule has 1 saturated heterocycles. The molecule has 0 bridgehead atoms. The van der Waals surface area contributed by atoms with Crippen molar-refractivity contribution in [1.82, 2.24) is 14.6 Å². The molecular weight excluding hydrogens is 402 g/mol. The van der Waals surface area contributed by atoms with E-state index in [0.29, 0.717) is 31.0 Å². The summed E-state index contributed by atoms with van der Waals surface area (Å²) in [6, 6.07) is 9.95. The van der Waals surface area contributed by atoms with Crippen molar-refractivity contribution in [3.05, 3.63) is 53.3 Å².